The van der Waals surface area contributed by atoms with E-state index in [4.69, 9.17) is 21.3 Å². The van der Waals surface area contributed by atoms with E-state index in [9.17, 15) is 32.7 Å². The van der Waals surface area contributed by atoms with Gasteiger partial charge in [0, 0.05) is 60.7 Å². The summed E-state index contributed by atoms with van der Waals surface area (Å²) >= 11 is 6.17. The van der Waals surface area contributed by atoms with Gasteiger partial charge in [-0.25, -0.2) is 15.0 Å². The van der Waals surface area contributed by atoms with E-state index in [1.165, 1.54) is 19.6 Å². The largest absolute Gasteiger partial charge is 0.503 e. The number of fused-ring (bicyclic) bond motifs is 3. The number of pyridine rings is 1. The maximum atomic E-state index is 14.6. The third-order valence-corrected chi connectivity index (χ3v) is 11.0. The van der Waals surface area contributed by atoms with Crippen molar-refractivity contribution in [1.82, 2.24) is 39.0 Å². The predicted octanol–water partition coefficient (Wildman–Crippen LogP) is 4.66. The fourth-order valence-electron chi connectivity index (χ4n) is 7.96. The van der Waals surface area contributed by atoms with Crippen molar-refractivity contribution in [3.63, 3.8) is 0 Å². The van der Waals surface area contributed by atoms with E-state index in [0.29, 0.717) is 47.8 Å². The van der Waals surface area contributed by atoms with Gasteiger partial charge in [-0.05, 0) is 55.9 Å². The van der Waals surface area contributed by atoms with Gasteiger partial charge in [-0.2, -0.15) is 22.7 Å². The molecule has 4 aromatic heterocycles. The highest BCUT2D eigenvalue weighted by atomic mass is 35.5. The Hall–Kier alpha value is -5.78. The number of nitrogens with zero attached hydrogens (tertiary/aromatic N) is 9. The highest BCUT2D eigenvalue weighted by Gasteiger charge is 2.49. The average Bonchev–Trinajstić information content (AvgIpc) is 3.71. The molecule has 1 spiro atoms. The number of hydrogen-bond acceptors (Lipinski definition) is 11. The minimum absolute atomic E-state index is 0.0207. The molecule has 1 atom stereocenters. The summed E-state index contributed by atoms with van der Waals surface area (Å²) in [6.07, 6.45) is 0.448. The third-order valence-electron chi connectivity index (χ3n) is 10.7. The number of aromatic hydroxyl groups is 1. The van der Waals surface area contributed by atoms with Crippen LogP contribution < -0.4 is 20.5 Å². The molecule has 55 heavy (non-hydrogen) atoms. The quantitative estimate of drug-likeness (QED) is 0.235. The van der Waals surface area contributed by atoms with Gasteiger partial charge in [-0.15, -0.1) is 5.10 Å². The van der Waals surface area contributed by atoms with Crippen molar-refractivity contribution < 1.29 is 32.6 Å². The van der Waals surface area contributed by atoms with Gasteiger partial charge in [0.25, 0.3) is 11.5 Å². The Morgan fingerprint density at radius 3 is 2.53 bits per heavy atom. The van der Waals surface area contributed by atoms with Crippen LogP contribution in [0.2, 0.25) is 5.02 Å². The first kappa shape index (κ1) is 36.2. The second-order valence-electron chi connectivity index (χ2n) is 14.0. The maximum absolute atomic E-state index is 14.6. The van der Waals surface area contributed by atoms with E-state index in [-0.39, 0.29) is 59.3 Å². The molecule has 1 aromatic carbocycles. The van der Waals surface area contributed by atoms with Crippen LogP contribution >= 0.6 is 11.6 Å². The molecule has 19 heteroatoms. The molecule has 6 heterocycles. The number of rotatable bonds is 7. The fourth-order valence-corrected chi connectivity index (χ4v) is 8.19. The number of aromatic nitrogens is 7. The maximum Gasteiger partial charge on any atom is 0.416 e. The number of carbonyl (C=O) groups excluding carboxylic acids is 2. The molecule has 2 N–H and O–H groups in total. The van der Waals surface area contributed by atoms with Crippen LogP contribution in [-0.4, -0.2) is 89.2 Å². The summed E-state index contributed by atoms with van der Waals surface area (Å²) in [7, 11) is 1.46. The molecule has 5 aromatic rings. The Morgan fingerprint density at radius 2 is 1.85 bits per heavy atom. The van der Waals surface area contributed by atoms with E-state index in [0.717, 1.165) is 42.2 Å². The summed E-state index contributed by atoms with van der Waals surface area (Å²) in [6, 6.07) is 5.90. The van der Waals surface area contributed by atoms with Crippen molar-refractivity contribution in [1.29, 1.82) is 0 Å². The number of nitrogens with one attached hydrogen (secondary N) is 1. The van der Waals surface area contributed by atoms with Crippen molar-refractivity contribution in [2.45, 2.75) is 56.7 Å². The predicted molar refractivity (Wildman–Crippen MR) is 192 cm³/mol. The molecule has 3 aliphatic rings. The Bertz CT molecular complexity index is 2420. The molecule has 2 saturated heterocycles. The number of halogens is 4. The number of anilines is 2. The standard InChI is InChI=1S/C36H34ClF3N10O5/c1-19-16-35(7-12-48(13-8-35)33(54)27-29(52)31(43-18-42-27)47-10-3-11-47)26-28(19)49(17-24(51)44-23-5-4-21(15-22(23)37)36(38,39)40)34-45-30(46-50(34)32(26)53)20-6-9-41-25(14-20)55-2/h4-6,9,14-15,18-19,52H,3,7-8,10-13,16-17H2,1-2H3,(H,44,51). The summed E-state index contributed by atoms with van der Waals surface area (Å²) in [4.78, 5) is 62.6. The number of benzene rings is 1. The first-order valence-electron chi connectivity index (χ1n) is 17.6. The SMILES string of the molecule is COc1cc(-c2nc3n(CC(=O)Nc4ccc(C(F)(F)F)cc4Cl)c4c(c(=O)n3n2)C2(CCN(C(=O)c3ncnc(N5CCC5)c3O)CC2)CC4C)ccn1. The lowest BCUT2D eigenvalue weighted by Gasteiger charge is -2.39. The molecule has 0 saturated carbocycles. The van der Waals surface area contributed by atoms with Crippen LogP contribution in [0.4, 0.5) is 24.7 Å². The number of carbonyl (C=O) groups is 2. The number of hydrogen-bond donors (Lipinski definition) is 2. The molecule has 0 bridgehead atoms. The minimum Gasteiger partial charge on any atom is -0.503 e. The van der Waals surface area contributed by atoms with Gasteiger partial charge >= 0.3 is 6.18 Å². The van der Waals surface area contributed by atoms with Crippen LogP contribution in [-0.2, 0) is 22.9 Å². The van der Waals surface area contributed by atoms with Gasteiger partial charge < -0.3 is 29.5 Å². The molecule has 2 amide bonds. The molecule has 286 valence electrons. The van der Waals surface area contributed by atoms with Crippen LogP contribution in [0.15, 0.2) is 47.7 Å². The van der Waals surface area contributed by atoms with Crippen LogP contribution in [0.5, 0.6) is 11.6 Å². The van der Waals surface area contributed by atoms with Gasteiger partial charge in [0.05, 0.1) is 23.4 Å². The van der Waals surface area contributed by atoms with Crippen LogP contribution in [0.25, 0.3) is 17.2 Å². The summed E-state index contributed by atoms with van der Waals surface area (Å²) in [5.74, 6) is -0.706. The van der Waals surface area contributed by atoms with E-state index in [1.54, 1.807) is 21.6 Å². The molecule has 15 nitrogen and oxygen atoms in total. The number of ether oxygens (including phenoxy) is 1. The van der Waals surface area contributed by atoms with Gasteiger partial charge in [-0.1, -0.05) is 18.5 Å². The Morgan fingerprint density at radius 1 is 1.09 bits per heavy atom. The third kappa shape index (κ3) is 6.27. The van der Waals surface area contributed by atoms with Crippen molar-refractivity contribution in [2.24, 2.45) is 0 Å². The van der Waals surface area contributed by atoms with E-state index in [2.05, 4.69) is 25.4 Å². The zero-order valence-corrected chi connectivity index (χ0v) is 30.4. The fraction of sp³-hybridized carbons (Fsp3) is 0.389. The van der Waals surface area contributed by atoms with Crippen LogP contribution in [0.1, 0.15) is 65.8 Å². The van der Waals surface area contributed by atoms with Gasteiger partial charge in [0.1, 0.15) is 12.9 Å². The lowest BCUT2D eigenvalue weighted by molar-refractivity contribution is -0.137. The number of alkyl halides is 3. The van der Waals surface area contributed by atoms with E-state index >= 15 is 0 Å². The highest BCUT2D eigenvalue weighted by molar-refractivity contribution is 6.33. The zero-order chi connectivity index (χ0) is 38.8. The summed E-state index contributed by atoms with van der Waals surface area (Å²) in [5.41, 5.74) is -0.651. The van der Waals surface area contributed by atoms with Crippen LogP contribution in [0.3, 0.4) is 0 Å². The Labute approximate surface area is 315 Å². The minimum atomic E-state index is -4.62. The van der Waals surface area contributed by atoms with Gasteiger partial charge in [0.2, 0.25) is 17.6 Å². The number of methoxy groups -OCH3 is 1. The van der Waals surface area contributed by atoms with Crippen LogP contribution in [0, 0.1) is 0 Å². The highest BCUT2D eigenvalue weighted by Crippen LogP contribution is 2.50. The normalized spacial score (nSPS) is 17.7. The number of piperidine rings is 1. The summed E-state index contributed by atoms with van der Waals surface area (Å²) in [5, 5.41) is 17.8. The second kappa shape index (κ2) is 13.5. The van der Waals surface area contributed by atoms with Gasteiger partial charge in [-0.3, -0.25) is 14.4 Å². The number of amides is 2. The Kier molecular flexibility index (Phi) is 8.89. The summed E-state index contributed by atoms with van der Waals surface area (Å²) in [6.45, 7) is 3.54. The molecule has 0 radical (unpaired) electrons. The van der Waals surface area contributed by atoms with Crippen molar-refractivity contribution >= 4 is 40.7 Å². The first-order chi connectivity index (χ1) is 26.3. The number of likely N-dealkylation sites (tertiary alicyclic amines) is 1. The summed E-state index contributed by atoms with van der Waals surface area (Å²) < 4.78 is 47.9. The smallest absolute Gasteiger partial charge is 0.416 e. The first-order valence-corrected chi connectivity index (χ1v) is 17.9. The Balaban J connectivity index is 1.16. The zero-order valence-electron chi connectivity index (χ0n) is 29.6. The molecular weight excluding hydrogens is 745 g/mol. The molecule has 1 unspecified atom stereocenters. The molecule has 2 fully saturated rings. The van der Waals surface area contributed by atoms with E-state index in [1.807, 2.05) is 11.8 Å². The molecule has 8 rings (SSSR count). The molecule has 2 aliphatic heterocycles. The average molecular weight is 779 g/mol. The van der Waals surface area contributed by atoms with Crippen molar-refractivity contribution in [3.05, 3.63) is 80.7 Å². The van der Waals surface area contributed by atoms with Crippen molar-refractivity contribution in [3.8, 4) is 23.0 Å². The monoisotopic (exact) mass is 778 g/mol. The molecular formula is C36H34ClF3N10O5. The molecule has 1 aliphatic carbocycles. The van der Waals surface area contributed by atoms with E-state index < -0.39 is 34.5 Å². The lowest BCUT2D eigenvalue weighted by atomic mass is 9.73. The second-order valence-corrected chi connectivity index (χ2v) is 14.4. The lowest BCUT2D eigenvalue weighted by Crippen LogP contribution is -2.47. The van der Waals surface area contributed by atoms with Gasteiger partial charge in [0.15, 0.2) is 23.1 Å². The van der Waals surface area contributed by atoms with Crippen molar-refractivity contribution in [2.75, 3.05) is 43.5 Å². The topological polar surface area (TPSA) is 173 Å².